The molecule has 3 amide bonds. The highest BCUT2D eigenvalue weighted by Crippen LogP contribution is 2.45. The number of hydrogen-bond acceptors (Lipinski definition) is 10. The Morgan fingerprint density at radius 3 is 2.71 bits per heavy atom. The molecule has 4 aliphatic rings. The lowest BCUT2D eigenvalue weighted by atomic mass is 9.96. The minimum Gasteiger partial charge on any atom is -0.479 e. The third-order valence-corrected chi connectivity index (χ3v) is 10.5. The summed E-state index contributed by atoms with van der Waals surface area (Å²) in [4.78, 5) is 69.4. The van der Waals surface area contributed by atoms with Crippen LogP contribution < -0.4 is 15.4 Å². The third kappa shape index (κ3) is 6.58. The van der Waals surface area contributed by atoms with E-state index in [9.17, 15) is 24.3 Å². The lowest BCUT2D eigenvalue weighted by Gasteiger charge is -2.30. The van der Waals surface area contributed by atoms with Crippen LogP contribution in [0.1, 0.15) is 64.2 Å². The molecule has 3 N–H and O–H groups in total. The van der Waals surface area contributed by atoms with E-state index in [0.29, 0.717) is 40.5 Å². The Morgan fingerprint density at radius 2 is 1.94 bits per heavy atom. The number of nitrogens with zero attached hydrogens (tertiary/aromatic N) is 4. The number of carbonyl (C=O) groups is 4. The Kier molecular flexibility index (Phi) is 8.99. The van der Waals surface area contributed by atoms with E-state index in [1.165, 1.54) is 16.2 Å². The normalized spacial score (nSPS) is 28.5. The zero-order chi connectivity index (χ0) is 33.3. The number of alkyl carbamates (subject to hydrolysis) is 1. The zero-order valence-electron chi connectivity index (χ0n) is 26.4. The molecular formula is C34H38N6O7S. The second kappa shape index (κ2) is 13.5. The molecule has 0 bridgehead atoms. The first-order chi connectivity index (χ1) is 23.3. The van der Waals surface area contributed by atoms with Crippen molar-refractivity contribution in [2.45, 2.75) is 94.0 Å². The van der Waals surface area contributed by atoms with Crippen LogP contribution >= 0.6 is 11.3 Å². The SMILES string of the molecule is O=C(N[C@H]1CCCCC/C=C/[C@@H]2C[C@@]2(C(=O)O)NC(=O)[C@@H]2C[C@@H](Oc3nc(-c4ccccn4)nc4sccc34)CN2C1=O)OC1CCC1. The molecule has 14 heteroatoms. The molecule has 3 aromatic rings. The van der Waals surface area contributed by atoms with Crippen LogP contribution in [-0.4, -0.2) is 85.2 Å². The number of amides is 3. The van der Waals surface area contributed by atoms with Crippen LogP contribution in [0.2, 0.25) is 0 Å². The van der Waals surface area contributed by atoms with E-state index >= 15 is 0 Å². The van der Waals surface area contributed by atoms with Gasteiger partial charge in [0.05, 0.1) is 11.9 Å². The fraction of sp³-hybridized carbons (Fsp3) is 0.500. The van der Waals surface area contributed by atoms with Crippen molar-refractivity contribution in [1.82, 2.24) is 30.5 Å². The second-order valence-corrected chi connectivity index (χ2v) is 13.9. The number of thiophene rings is 1. The molecule has 0 unspecified atom stereocenters. The van der Waals surface area contributed by atoms with Crippen molar-refractivity contribution in [2.24, 2.45) is 5.92 Å². The maximum atomic E-state index is 14.3. The molecule has 2 aliphatic heterocycles. The molecule has 7 rings (SSSR count). The van der Waals surface area contributed by atoms with E-state index in [4.69, 9.17) is 9.47 Å². The number of fused-ring (bicyclic) bond motifs is 3. The first-order valence-corrected chi connectivity index (χ1v) is 17.5. The van der Waals surface area contributed by atoms with E-state index in [1.54, 1.807) is 18.3 Å². The van der Waals surface area contributed by atoms with Gasteiger partial charge < -0.3 is 30.1 Å². The van der Waals surface area contributed by atoms with Gasteiger partial charge in [-0.05, 0) is 68.5 Å². The zero-order valence-corrected chi connectivity index (χ0v) is 27.2. The number of hydrogen-bond donors (Lipinski definition) is 3. The van der Waals surface area contributed by atoms with Gasteiger partial charge in [-0.1, -0.05) is 31.1 Å². The van der Waals surface area contributed by atoms with Crippen LogP contribution in [0.25, 0.3) is 21.7 Å². The van der Waals surface area contributed by atoms with Crippen molar-refractivity contribution >= 4 is 45.4 Å². The van der Waals surface area contributed by atoms with Gasteiger partial charge in [-0.25, -0.2) is 14.6 Å². The van der Waals surface area contributed by atoms with Crippen molar-refractivity contribution in [3.05, 3.63) is 48.0 Å². The Hall–Kier alpha value is -4.59. The van der Waals surface area contributed by atoms with E-state index in [2.05, 4.69) is 25.6 Å². The molecule has 3 aromatic heterocycles. The van der Waals surface area contributed by atoms with Gasteiger partial charge in [-0.3, -0.25) is 14.6 Å². The number of aliphatic carboxylic acids is 1. The number of rotatable bonds is 6. The number of carboxylic acids is 1. The highest BCUT2D eigenvalue weighted by atomic mass is 32.1. The quantitative estimate of drug-likeness (QED) is 0.321. The maximum Gasteiger partial charge on any atom is 0.408 e. The number of ether oxygens (including phenoxy) is 2. The maximum absolute atomic E-state index is 14.3. The molecule has 1 saturated heterocycles. The smallest absolute Gasteiger partial charge is 0.408 e. The number of aromatic nitrogens is 3. The first-order valence-electron chi connectivity index (χ1n) is 16.6. The predicted molar refractivity (Wildman–Crippen MR) is 175 cm³/mol. The topological polar surface area (TPSA) is 173 Å². The van der Waals surface area contributed by atoms with Crippen LogP contribution in [0, 0.1) is 5.92 Å². The fourth-order valence-corrected chi connectivity index (χ4v) is 7.40. The van der Waals surface area contributed by atoms with Crippen molar-refractivity contribution in [1.29, 1.82) is 0 Å². The third-order valence-electron chi connectivity index (χ3n) is 9.70. The summed E-state index contributed by atoms with van der Waals surface area (Å²) in [5.74, 6) is -1.77. The van der Waals surface area contributed by atoms with Crippen LogP contribution in [0.3, 0.4) is 0 Å². The minimum atomic E-state index is -1.43. The van der Waals surface area contributed by atoms with Crippen molar-refractivity contribution in [2.75, 3.05) is 6.54 Å². The lowest BCUT2D eigenvalue weighted by molar-refractivity contribution is -0.145. The number of pyridine rings is 1. The molecule has 5 atom stereocenters. The van der Waals surface area contributed by atoms with Crippen molar-refractivity contribution in [3.8, 4) is 17.4 Å². The summed E-state index contributed by atoms with van der Waals surface area (Å²) >= 11 is 1.43. The molecule has 2 saturated carbocycles. The predicted octanol–water partition coefficient (Wildman–Crippen LogP) is 4.23. The molecular weight excluding hydrogens is 636 g/mol. The molecule has 13 nitrogen and oxygen atoms in total. The van der Waals surface area contributed by atoms with Gasteiger partial charge in [0.2, 0.25) is 17.7 Å². The molecule has 0 radical (unpaired) electrons. The Bertz CT molecular complexity index is 1730. The average molecular weight is 675 g/mol. The van der Waals surface area contributed by atoms with Gasteiger partial charge in [0, 0.05) is 18.5 Å². The monoisotopic (exact) mass is 674 g/mol. The van der Waals surface area contributed by atoms with Gasteiger partial charge in [-0.2, -0.15) is 4.98 Å². The molecule has 2 aliphatic carbocycles. The van der Waals surface area contributed by atoms with Crippen LogP contribution in [0.5, 0.6) is 5.88 Å². The van der Waals surface area contributed by atoms with Crippen LogP contribution in [0.15, 0.2) is 48.0 Å². The standard InChI is InChI=1S/C34H38N6O7S/c41-28-26-17-22(46-29-23-14-16-48-30(23)38-27(37-29)24-12-6-7-15-35-24)19-40(26)31(42)25(36-33(45)47-21-10-8-11-21)13-5-3-1-2-4-9-20-18-34(20,39-28)32(43)44/h4,6-7,9,12,14-16,20-22,25-26H,1-3,5,8,10-11,13,17-19H2,(H,36,45)(H,39,41)(H,43,44)/b9-4+/t20-,22-,25+,26+,34-/m1/s1. The highest BCUT2D eigenvalue weighted by Gasteiger charge is 2.61. The Labute approximate surface area is 281 Å². The van der Waals surface area contributed by atoms with Gasteiger partial charge in [0.15, 0.2) is 5.82 Å². The van der Waals surface area contributed by atoms with Crippen LogP contribution in [-0.2, 0) is 19.1 Å². The minimum absolute atomic E-state index is 0.0325. The van der Waals surface area contributed by atoms with Crippen molar-refractivity contribution < 1.29 is 33.8 Å². The molecule has 0 spiro atoms. The molecule has 48 heavy (non-hydrogen) atoms. The first kappa shape index (κ1) is 32.0. The largest absolute Gasteiger partial charge is 0.479 e. The van der Waals surface area contributed by atoms with E-state index in [1.807, 2.05) is 29.7 Å². The Morgan fingerprint density at radius 1 is 1.06 bits per heavy atom. The summed E-state index contributed by atoms with van der Waals surface area (Å²) < 4.78 is 12.0. The number of nitrogens with one attached hydrogen (secondary N) is 2. The van der Waals surface area contributed by atoms with Gasteiger partial charge in [0.1, 0.15) is 40.4 Å². The summed E-state index contributed by atoms with van der Waals surface area (Å²) in [5.41, 5.74) is -0.861. The van der Waals surface area contributed by atoms with Gasteiger partial charge in [0.25, 0.3) is 0 Å². The van der Waals surface area contributed by atoms with E-state index in [-0.39, 0.29) is 31.4 Å². The second-order valence-electron chi connectivity index (χ2n) is 13.0. The van der Waals surface area contributed by atoms with Gasteiger partial charge in [-0.15, -0.1) is 11.3 Å². The molecule has 0 aromatic carbocycles. The number of carboxylic acid groups (broad SMARTS) is 1. The Balaban J connectivity index is 1.18. The molecule has 3 fully saturated rings. The number of allylic oxidation sites excluding steroid dienone is 1. The van der Waals surface area contributed by atoms with E-state index < -0.39 is 47.6 Å². The van der Waals surface area contributed by atoms with Crippen molar-refractivity contribution in [3.63, 3.8) is 0 Å². The lowest BCUT2D eigenvalue weighted by Crippen LogP contribution is -2.56. The molecule has 5 heterocycles. The summed E-state index contributed by atoms with van der Waals surface area (Å²) in [7, 11) is 0. The summed E-state index contributed by atoms with van der Waals surface area (Å²) in [5, 5.41) is 18.3. The summed E-state index contributed by atoms with van der Waals surface area (Å²) in [6.07, 6.45) is 10.4. The van der Waals surface area contributed by atoms with Gasteiger partial charge >= 0.3 is 12.1 Å². The van der Waals surface area contributed by atoms with E-state index in [0.717, 1.165) is 38.5 Å². The summed E-state index contributed by atoms with van der Waals surface area (Å²) in [6, 6.07) is 5.34. The number of carbonyl (C=O) groups excluding carboxylic acids is 3. The average Bonchev–Trinajstić information content (AvgIpc) is 3.35. The fourth-order valence-electron chi connectivity index (χ4n) is 6.65. The molecule has 252 valence electrons. The highest BCUT2D eigenvalue weighted by molar-refractivity contribution is 7.16. The summed E-state index contributed by atoms with van der Waals surface area (Å²) in [6.45, 7) is 0.0325. The van der Waals surface area contributed by atoms with Crippen LogP contribution in [0.4, 0.5) is 4.79 Å².